The Morgan fingerprint density at radius 3 is 2.71 bits per heavy atom. The van der Waals surface area contributed by atoms with Gasteiger partial charge in [0.2, 0.25) is 0 Å². The lowest BCUT2D eigenvalue weighted by atomic mass is 10.2. The Labute approximate surface area is 131 Å². The van der Waals surface area contributed by atoms with Crippen LogP contribution in [0.3, 0.4) is 0 Å². The van der Waals surface area contributed by atoms with Gasteiger partial charge in [0, 0.05) is 18.2 Å². The van der Waals surface area contributed by atoms with Crippen LogP contribution in [0.4, 0.5) is 0 Å². The van der Waals surface area contributed by atoms with Crippen molar-refractivity contribution in [3.05, 3.63) is 40.9 Å². The van der Waals surface area contributed by atoms with Crippen molar-refractivity contribution in [1.82, 2.24) is 9.55 Å². The van der Waals surface area contributed by atoms with Crippen LogP contribution in [0.5, 0.6) is 11.5 Å². The van der Waals surface area contributed by atoms with E-state index in [-0.39, 0.29) is 5.75 Å². The molecule has 0 aliphatic carbocycles. The largest absolute Gasteiger partial charge is 0.507 e. The number of aromatic hydroxyl groups is 1. The summed E-state index contributed by atoms with van der Waals surface area (Å²) in [7, 11) is 1.64. The number of methoxy groups -OCH3 is 1. The molecule has 3 rings (SSSR count). The van der Waals surface area contributed by atoms with Crippen molar-refractivity contribution < 1.29 is 9.84 Å². The number of aryl methyl sites for hydroxylation is 1. The highest BCUT2D eigenvalue weighted by molar-refractivity contribution is 9.10. The molecule has 0 aliphatic heterocycles. The number of aromatic nitrogens is 2. The molecular formula is C16H15BrN2O2. The molecule has 0 radical (unpaired) electrons. The second kappa shape index (κ2) is 5.41. The highest BCUT2D eigenvalue weighted by Gasteiger charge is 2.13. The summed E-state index contributed by atoms with van der Waals surface area (Å²) < 4.78 is 8.05. The summed E-state index contributed by atoms with van der Waals surface area (Å²) in [5.74, 6) is 1.83. The number of phenolic OH excluding ortho intramolecular Hbond substituents is 1. The van der Waals surface area contributed by atoms with Crippen LogP contribution in [0, 0.1) is 0 Å². The van der Waals surface area contributed by atoms with E-state index in [9.17, 15) is 5.11 Å². The summed E-state index contributed by atoms with van der Waals surface area (Å²) in [4.78, 5) is 4.69. The minimum Gasteiger partial charge on any atom is -0.507 e. The fourth-order valence-corrected chi connectivity index (χ4v) is 2.68. The van der Waals surface area contributed by atoms with Crippen molar-refractivity contribution in [3.63, 3.8) is 0 Å². The molecule has 3 aromatic rings. The van der Waals surface area contributed by atoms with Gasteiger partial charge in [0.05, 0.1) is 22.6 Å². The zero-order valence-electron chi connectivity index (χ0n) is 11.8. The van der Waals surface area contributed by atoms with Gasteiger partial charge in [-0.05, 0) is 53.2 Å². The number of hydrogen-bond acceptors (Lipinski definition) is 3. The number of halogens is 1. The first-order chi connectivity index (χ1) is 10.1. The van der Waals surface area contributed by atoms with Crippen LogP contribution in [0.15, 0.2) is 40.9 Å². The maximum Gasteiger partial charge on any atom is 0.141 e. The number of nitrogens with zero attached hydrogens (tertiary/aromatic N) is 2. The monoisotopic (exact) mass is 346 g/mol. The van der Waals surface area contributed by atoms with Crippen molar-refractivity contribution in [2.75, 3.05) is 7.11 Å². The van der Waals surface area contributed by atoms with E-state index in [0.717, 1.165) is 34.7 Å². The molecule has 5 heteroatoms. The van der Waals surface area contributed by atoms with E-state index in [2.05, 4.69) is 32.4 Å². The second-order valence-electron chi connectivity index (χ2n) is 4.70. The van der Waals surface area contributed by atoms with Gasteiger partial charge in [-0.25, -0.2) is 4.98 Å². The molecule has 1 heterocycles. The number of ether oxygens (including phenoxy) is 1. The van der Waals surface area contributed by atoms with Crippen molar-refractivity contribution in [3.8, 4) is 22.9 Å². The highest BCUT2D eigenvalue weighted by atomic mass is 79.9. The molecule has 0 unspecified atom stereocenters. The van der Waals surface area contributed by atoms with Crippen LogP contribution in [0.1, 0.15) is 6.92 Å². The molecule has 0 aliphatic rings. The third-order valence-corrected chi connectivity index (χ3v) is 4.15. The van der Waals surface area contributed by atoms with Crippen LogP contribution in [-0.2, 0) is 6.54 Å². The van der Waals surface area contributed by atoms with Crippen molar-refractivity contribution >= 4 is 27.0 Å². The fraction of sp³-hybridized carbons (Fsp3) is 0.188. The molecule has 0 spiro atoms. The van der Waals surface area contributed by atoms with Crippen LogP contribution < -0.4 is 4.74 Å². The van der Waals surface area contributed by atoms with Crippen LogP contribution >= 0.6 is 15.9 Å². The van der Waals surface area contributed by atoms with Crippen molar-refractivity contribution in [1.29, 1.82) is 0 Å². The molecular weight excluding hydrogens is 332 g/mol. The molecule has 0 fully saturated rings. The van der Waals surface area contributed by atoms with Crippen LogP contribution in [0.25, 0.3) is 22.4 Å². The Hall–Kier alpha value is -2.01. The lowest BCUT2D eigenvalue weighted by Crippen LogP contribution is -1.97. The van der Waals surface area contributed by atoms with Gasteiger partial charge in [-0.1, -0.05) is 0 Å². The molecule has 108 valence electrons. The van der Waals surface area contributed by atoms with Gasteiger partial charge in [0.15, 0.2) is 0 Å². The molecule has 1 N–H and O–H groups in total. The number of rotatable bonds is 3. The highest BCUT2D eigenvalue weighted by Crippen LogP contribution is 2.32. The zero-order chi connectivity index (χ0) is 15.0. The van der Waals surface area contributed by atoms with E-state index in [1.54, 1.807) is 13.2 Å². The molecule has 0 saturated carbocycles. The maximum absolute atomic E-state index is 9.88. The van der Waals surface area contributed by atoms with Gasteiger partial charge in [0.25, 0.3) is 0 Å². The average Bonchev–Trinajstić information content (AvgIpc) is 2.87. The molecule has 0 saturated heterocycles. The first-order valence-corrected chi connectivity index (χ1v) is 7.46. The SMILES string of the molecule is CCn1c(-c2ccc(Br)c(O)c2)nc2cc(OC)ccc21. The third kappa shape index (κ3) is 2.38. The van der Waals surface area contributed by atoms with E-state index >= 15 is 0 Å². The predicted octanol–water partition coefficient (Wildman–Crippen LogP) is 4.20. The Bertz CT molecular complexity index is 811. The van der Waals surface area contributed by atoms with Crippen LogP contribution in [0.2, 0.25) is 0 Å². The topological polar surface area (TPSA) is 47.3 Å². The fourth-order valence-electron chi connectivity index (χ4n) is 2.43. The summed E-state index contributed by atoms with van der Waals surface area (Å²) in [5.41, 5.74) is 2.82. The molecule has 2 aromatic carbocycles. The van der Waals surface area contributed by atoms with E-state index in [1.165, 1.54) is 0 Å². The van der Waals surface area contributed by atoms with Crippen LogP contribution in [-0.4, -0.2) is 21.8 Å². The maximum atomic E-state index is 9.88. The minimum absolute atomic E-state index is 0.208. The number of fused-ring (bicyclic) bond motifs is 1. The van der Waals surface area contributed by atoms with Gasteiger partial charge in [-0.2, -0.15) is 0 Å². The van der Waals surface area contributed by atoms with Gasteiger partial charge >= 0.3 is 0 Å². The Morgan fingerprint density at radius 2 is 2.05 bits per heavy atom. The molecule has 0 amide bonds. The minimum atomic E-state index is 0.208. The summed E-state index contributed by atoms with van der Waals surface area (Å²) in [6, 6.07) is 11.3. The number of phenols is 1. The normalized spacial score (nSPS) is 11.0. The Kier molecular flexibility index (Phi) is 3.59. The number of benzene rings is 2. The second-order valence-corrected chi connectivity index (χ2v) is 5.55. The molecule has 1 aromatic heterocycles. The quantitative estimate of drug-likeness (QED) is 0.772. The number of imidazole rings is 1. The average molecular weight is 347 g/mol. The lowest BCUT2D eigenvalue weighted by molar-refractivity contribution is 0.415. The molecule has 0 atom stereocenters. The standard InChI is InChI=1S/C16H15BrN2O2/c1-3-19-14-7-5-11(21-2)9-13(14)18-16(19)10-4-6-12(17)15(20)8-10/h4-9,20H,3H2,1-2H3. The van der Waals surface area contributed by atoms with E-state index < -0.39 is 0 Å². The van der Waals surface area contributed by atoms with Gasteiger partial charge in [0.1, 0.15) is 17.3 Å². The first-order valence-electron chi connectivity index (χ1n) is 6.67. The molecule has 21 heavy (non-hydrogen) atoms. The predicted molar refractivity (Wildman–Crippen MR) is 86.8 cm³/mol. The van der Waals surface area contributed by atoms with Crippen molar-refractivity contribution in [2.45, 2.75) is 13.5 Å². The summed E-state index contributed by atoms with van der Waals surface area (Å²) >= 11 is 3.30. The van der Waals surface area contributed by atoms with Gasteiger partial charge < -0.3 is 14.4 Å². The molecule has 0 bridgehead atoms. The lowest BCUT2D eigenvalue weighted by Gasteiger charge is -2.07. The van der Waals surface area contributed by atoms with E-state index in [1.807, 2.05) is 30.3 Å². The third-order valence-electron chi connectivity index (χ3n) is 3.48. The smallest absolute Gasteiger partial charge is 0.141 e. The summed E-state index contributed by atoms with van der Waals surface area (Å²) in [6.45, 7) is 2.88. The Morgan fingerprint density at radius 1 is 1.24 bits per heavy atom. The van der Waals surface area contributed by atoms with Gasteiger partial charge in [-0.15, -0.1) is 0 Å². The Balaban J connectivity index is 2.23. The first kappa shape index (κ1) is 13.9. The van der Waals surface area contributed by atoms with E-state index in [4.69, 9.17) is 4.74 Å². The summed E-state index contributed by atoms with van der Waals surface area (Å²) in [5, 5.41) is 9.88. The van der Waals surface area contributed by atoms with Gasteiger partial charge in [-0.3, -0.25) is 0 Å². The van der Waals surface area contributed by atoms with Crippen molar-refractivity contribution in [2.24, 2.45) is 0 Å². The molecule has 4 nitrogen and oxygen atoms in total. The number of hydrogen-bond donors (Lipinski definition) is 1. The summed E-state index contributed by atoms with van der Waals surface area (Å²) in [6.07, 6.45) is 0. The van der Waals surface area contributed by atoms with E-state index in [0.29, 0.717) is 4.47 Å². The zero-order valence-corrected chi connectivity index (χ0v) is 13.4.